The van der Waals surface area contributed by atoms with Crippen molar-refractivity contribution < 1.29 is 4.79 Å². The highest BCUT2D eigenvalue weighted by atomic mass is 16.2. The Morgan fingerprint density at radius 3 is 3.13 bits per heavy atom. The highest BCUT2D eigenvalue weighted by molar-refractivity contribution is 5.79. The van der Waals surface area contributed by atoms with Crippen LogP contribution in [-0.4, -0.2) is 36.4 Å². The van der Waals surface area contributed by atoms with E-state index in [1.165, 1.54) is 0 Å². The first-order valence-corrected chi connectivity index (χ1v) is 4.97. The van der Waals surface area contributed by atoms with Crippen LogP contribution >= 0.6 is 0 Å². The Morgan fingerprint density at radius 2 is 2.53 bits per heavy atom. The minimum Gasteiger partial charge on any atom is -0.369 e. The van der Waals surface area contributed by atoms with E-state index in [2.05, 4.69) is 10.3 Å². The van der Waals surface area contributed by atoms with Crippen molar-refractivity contribution in [3.05, 3.63) is 0 Å². The zero-order valence-electron chi connectivity index (χ0n) is 8.57. The molecule has 1 amide bonds. The van der Waals surface area contributed by atoms with E-state index in [0.717, 1.165) is 25.9 Å². The lowest BCUT2D eigenvalue weighted by atomic mass is 10.4. The van der Waals surface area contributed by atoms with Gasteiger partial charge < -0.3 is 10.6 Å². The van der Waals surface area contributed by atoms with Crippen molar-refractivity contribution in [2.24, 2.45) is 10.7 Å². The Morgan fingerprint density at radius 1 is 1.73 bits per heavy atom. The second kappa shape index (κ2) is 5.86. The predicted molar refractivity (Wildman–Crippen MR) is 55.7 cm³/mol. The maximum Gasteiger partial charge on any atom is 0.222 e. The molecule has 0 bridgehead atoms. The van der Waals surface area contributed by atoms with Crippen LogP contribution in [0.3, 0.4) is 0 Å². The highest BCUT2D eigenvalue weighted by Crippen LogP contribution is 2.09. The van der Waals surface area contributed by atoms with Gasteiger partial charge in [0.15, 0.2) is 6.19 Å². The number of aliphatic imine (C=N–C) groups is 1. The van der Waals surface area contributed by atoms with Crippen molar-refractivity contribution in [1.29, 1.82) is 5.26 Å². The largest absolute Gasteiger partial charge is 0.369 e. The van der Waals surface area contributed by atoms with Gasteiger partial charge >= 0.3 is 0 Å². The summed E-state index contributed by atoms with van der Waals surface area (Å²) >= 11 is 0. The average molecular weight is 209 g/mol. The van der Waals surface area contributed by atoms with Crippen LogP contribution in [0.5, 0.6) is 0 Å². The van der Waals surface area contributed by atoms with Crippen molar-refractivity contribution in [3.8, 4) is 6.19 Å². The van der Waals surface area contributed by atoms with Crippen LogP contribution in [0.1, 0.15) is 19.3 Å². The SMILES string of the molecule is N#CNC(N)=NCCCN1CCCC1=O. The fraction of sp³-hybridized carbons (Fsp3) is 0.667. The van der Waals surface area contributed by atoms with Crippen LogP contribution in [0, 0.1) is 11.5 Å². The van der Waals surface area contributed by atoms with Crippen LogP contribution in [0.15, 0.2) is 4.99 Å². The van der Waals surface area contributed by atoms with Crippen molar-refractivity contribution >= 4 is 11.9 Å². The second-order valence-corrected chi connectivity index (χ2v) is 3.34. The minimum absolute atomic E-state index is 0.130. The summed E-state index contributed by atoms with van der Waals surface area (Å²) in [5.41, 5.74) is 5.34. The van der Waals surface area contributed by atoms with Crippen molar-refractivity contribution in [2.75, 3.05) is 19.6 Å². The quantitative estimate of drug-likeness (QED) is 0.212. The number of guanidine groups is 1. The van der Waals surface area contributed by atoms with Gasteiger partial charge in [0, 0.05) is 26.1 Å². The molecule has 1 heterocycles. The van der Waals surface area contributed by atoms with Gasteiger partial charge in [0.2, 0.25) is 11.9 Å². The average Bonchev–Trinajstić information content (AvgIpc) is 2.60. The third-order valence-corrected chi connectivity index (χ3v) is 2.22. The third kappa shape index (κ3) is 3.85. The Kier molecular flexibility index (Phi) is 4.41. The first kappa shape index (κ1) is 11.3. The van der Waals surface area contributed by atoms with Crippen LogP contribution in [-0.2, 0) is 4.79 Å². The molecule has 0 spiro atoms. The summed E-state index contributed by atoms with van der Waals surface area (Å²) in [5.74, 6) is 0.354. The maximum atomic E-state index is 11.2. The molecule has 0 aromatic rings. The molecular formula is C9H15N5O. The second-order valence-electron chi connectivity index (χ2n) is 3.34. The standard InChI is InChI=1S/C9H15N5O/c10-7-13-9(11)12-4-2-6-14-5-1-3-8(14)15/h1-6H2,(H3,11,12,13). The van der Waals surface area contributed by atoms with E-state index in [9.17, 15) is 4.79 Å². The molecule has 6 heteroatoms. The third-order valence-electron chi connectivity index (χ3n) is 2.22. The molecule has 0 unspecified atom stereocenters. The first-order valence-electron chi connectivity index (χ1n) is 4.97. The summed E-state index contributed by atoms with van der Waals surface area (Å²) in [4.78, 5) is 17.0. The van der Waals surface area contributed by atoms with E-state index in [1.54, 1.807) is 6.19 Å². The Hall–Kier alpha value is -1.77. The van der Waals surface area contributed by atoms with Crippen LogP contribution in [0.2, 0.25) is 0 Å². The van der Waals surface area contributed by atoms with Gasteiger partial charge in [0.25, 0.3) is 0 Å². The van der Waals surface area contributed by atoms with Gasteiger partial charge in [0.1, 0.15) is 0 Å². The van der Waals surface area contributed by atoms with Crippen molar-refractivity contribution in [2.45, 2.75) is 19.3 Å². The molecule has 82 valence electrons. The molecule has 1 rings (SSSR count). The van der Waals surface area contributed by atoms with Crippen LogP contribution in [0.4, 0.5) is 0 Å². The Bertz CT molecular complexity index is 293. The molecule has 0 aromatic heterocycles. The van der Waals surface area contributed by atoms with Gasteiger partial charge in [-0.2, -0.15) is 5.26 Å². The predicted octanol–water partition coefficient (Wildman–Crippen LogP) is -0.616. The minimum atomic E-state index is 0.130. The number of nitrogens with one attached hydrogen (secondary N) is 1. The van der Waals surface area contributed by atoms with Crippen LogP contribution in [0.25, 0.3) is 0 Å². The van der Waals surface area contributed by atoms with E-state index in [4.69, 9.17) is 11.0 Å². The summed E-state index contributed by atoms with van der Waals surface area (Å²) in [6.07, 6.45) is 4.09. The first-order chi connectivity index (χ1) is 7.24. The topological polar surface area (TPSA) is 94.5 Å². The number of nitrogens with zero attached hydrogens (tertiary/aromatic N) is 3. The molecule has 15 heavy (non-hydrogen) atoms. The Balaban J connectivity index is 2.14. The molecule has 1 aliphatic heterocycles. The number of hydrogen-bond donors (Lipinski definition) is 2. The molecular weight excluding hydrogens is 194 g/mol. The monoisotopic (exact) mass is 209 g/mol. The van der Waals surface area contributed by atoms with Gasteiger partial charge in [-0.25, -0.2) is 0 Å². The number of amides is 1. The number of carbonyl (C=O) groups excluding carboxylic acids is 1. The smallest absolute Gasteiger partial charge is 0.222 e. The van der Waals surface area contributed by atoms with E-state index in [1.807, 2.05) is 4.90 Å². The number of hydrogen-bond acceptors (Lipinski definition) is 3. The number of nitrogens with two attached hydrogens (primary N) is 1. The highest BCUT2D eigenvalue weighted by Gasteiger charge is 2.18. The maximum absolute atomic E-state index is 11.2. The Labute approximate surface area is 88.8 Å². The zero-order valence-corrected chi connectivity index (χ0v) is 8.57. The lowest BCUT2D eigenvalue weighted by Gasteiger charge is -2.13. The summed E-state index contributed by atoms with van der Waals surface area (Å²) in [6, 6.07) is 0. The zero-order chi connectivity index (χ0) is 11.1. The summed E-state index contributed by atoms with van der Waals surface area (Å²) in [6.45, 7) is 2.11. The lowest BCUT2D eigenvalue weighted by molar-refractivity contribution is -0.127. The molecule has 0 radical (unpaired) electrons. The van der Waals surface area contributed by atoms with Gasteiger partial charge in [-0.3, -0.25) is 15.1 Å². The number of likely N-dealkylation sites (tertiary alicyclic amines) is 1. The van der Waals surface area contributed by atoms with Gasteiger partial charge in [-0.05, 0) is 12.8 Å². The number of carbonyl (C=O) groups is 1. The summed E-state index contributed by atoms with van der Waals surface area (Å²) in [5, 5.41) is 10.5. The molecule has 3 N–H and O–H groups in total. The van der Waals surface area contributed by atoms with E-state index in [0.29, 0.717) is 13.0 Å². The molecule has 0 aliphatic carbocycles. The molecule has 0 saturated carbocycles. The van der Waals surface area contributed by atoms with Crippen LogP contribution < -0.4 is 11.1 Å². The number of rotatable bonds is 4. The normalized spacial score (nSPS) is 16.6. The molecule has 1 aliphatic rings. The molecule has 1 saturated heterocycles. The van der Waals surface area contributed by atoms with Gasteiger partial charge in [-0.1, -0.05) is 0 Å². The molecule has 0 atom stereocenters. The molecule has 6 nitrogen and oxygen atoms in total. The van der Waals surface area contributed by atoms with Crippen molar-refractivity contribution in [1.82, 2.24) is 10.2 Å². The van der Waals surface area contributed by atoms with Crippen molar-refractivity contribution in [3.63, 3.8) is 0 Å². The number of nitriles is 1. The molecule has 0 aromatic carbocycles. The fourth-order valence-electron chi connectivity index (χ4n) is 1.50. The fourth-order valence-corrected chi connectivity index (χ4v) is 1.50. The van der Waals surface area contributed by atoms with E-state index < -0.39 is 0 Å². The van der Waals surface area contributed by atoms with Gasteiger partial charge in [-0.15, -0.1) is 0 Å². The van der Waals surface area contributed by atoms with Gasteiger partial charge in [0.05, 0.1) is 0 Å². The lowest BCUT2D eigenvalue weighted by Crippen LogP contribution is -2.29. The molecule has 1 fully saturated rings. The summed E-state index contributed by atoms with van der Waals surface area (Å²) < 4.78 is 0. The van der Waals surface area contributed by atoms with E-state index >= 15 is 0 Å². The van der Waals surface area contributed by atoms with E-state index in [-0.39, 0.29) is 11.9 Å². The summed E-state index contributed by atoms with van der Waals surface area (Å²) in [7, 11) is 0.